The zero-order valence-electron chi connectivity index (χ0n) is 7.20. The van der Waals surface area contributed by atoms with Gasteiger partial charge in [-0.2, -0.15) is 0 Å². The highest BCUT2D eigenvalue weighted by Gasteiger charge is 2.31. The van der Waals surface area contributed by atoms with E-state index >= 15 is 0 Å². The molecule has 1 heterocycles. The van der Waals surface area contributed by atoms with Crippen molar-refractivity contribution >= 4 is 23.6 Å². The Morgan fingerprint density at radius 1 is 1.64 bits per heavy atom. The van der Waals surface area contributed by atoms with Gasteiger partial charge in [0.2, 0.25) is 11.8 Å². The highest BCUT2D eigenvalue weighted by molar-refractivity contribution is 8.00. The summed E-state index contributed by atoms with van der Waals surface area (Å²) in [4.78, 5) is 21.8. The SMILES string of the molecule is NC(=O)[C@@H]1CS[C@@H](C(F)F)CC(=O)N1. The van der Waals surface area contributed by atoms with Crippen molar-refractivity contribution in [1.82, 2.24) is 5.32 Å². The fourth-order valence-electron chi connectivity index (χ4n) is 1.07. The molecule has 4 nitrogen and oxygen atoms in total. The van der Waals surface area contributed by atoms with E-state index < -0.39 is 29.5 Å². The van der Waals surface area contributed by atoms with Crippen LogP contribution in [0.5, 0.6) is 0 Å². The van der Waals surface area contributed by atoms with E-state index in [0.717, 1.165) is 11.8 Å². The fourth-order valence-corrected chi connectivity index (χ4v) is 2.17. The van der Waals surface area contributed by atoms with Crippen LogP contribution in [0.4, 0.5) is 8.78 Å². The minimum atomic E-state index is -2.56. The molecule has 0 bridgehead atoms. The summed E-state index contributed by atoms with van der Waals surface area (Å²) in [6.45, 7) is 0. The van der Waals surface area contributed by atoms with E-state index in [0.29, 0.717) is 0 Å². The van der Waals surface area contributed by atoms with Gasteiger partial charge in [-0.15, -0.1) is 11.8 Å². The van der Waals surface area contributed by atoms with E-state index in [1.807, 2.05) is 0 Å². The molecule has 7 heteroatoms. The van der Waals surface area contributed by atoms with Crippen molar-refractivity contribution in [3.05, 3.63) is 0 Å². The maximum absolute atomic E-state index is 12.3. The number of thioether (sulfide) groups is 1. The summed E-state index contributed by atoms with van der Waals surface area (Å²) in [6, 6.07) is -0.837. The number of halogens is 2. The Kier molecular flexibility index (Phi) is 3.68. The summed E-state index contributed by atoms with van der Waals surface area (Å²) >= 11 is 0.898. The van der Waals surface area contributed by atoms with Crippen molar-refractivity contribution in [1.29, 1.82) is 0 Å². The molecule has 0 aliphatic carbocycles. The summed E-state index contributed by atoms with van der Waals surface area (Å²) in [6.07, 6.45) is -2.83. The number of nitrogens with one attached hydrogen (secondary N) is 1. The predicted molar refractivity (Wildman–Crippen MR) is 48.0 cm³/mol. The number of hydrogen-bond acceptors (Lipinski definition) is 3. The molecule has 1 fully saturated rings. The number of primary amides is 1. The summed E-state index contributed by atoms with van der Waals surface area (Å²) in [5, 5.41) is 1.25. The minimum Gasteiger partial charge on any atom is -0.368 e. The van der Waals surface area contributed by atoms with E-state index in [9.17, 15) is 18.4 Å². The maximum Gasteiger partial charge on any atom is 0.250 e. The molecule has 3 N–H and O–H groups in total. The molecule has 0 radical (unpaired) electrons. The minimum absolute atomic E-state index is 0.107. The predicted octanol–water partition coefficient (Wildman–Crippen LogP) is -0.273. The van der Waals surface area contributed by atoms with Gasteiger partial charge < -0.3 is 11.1 Å². The van der Waals surface area contributed by atoms with E-state index in [2.05, 4.69) is 5.32 Å². The second kappa shape index (κ2) is 4.59. The van der Waals surface area contributed by atoms with Gasteiger partial charge >= 0.3 is 0 Å². The second-order valence-corrected chi connectivity index (χ2v) is 4.20. The largest absolute Gasteiger partial charge is 0.368 e. The van der Waals surface area contributed by atoms with Gasteiger partial charge in [0, 0.05) is 12.2 Å². The Bertz CT molecular complexity index is 250. The molecule has 14 heavy (non-hydrogen) atoms. The number of amides is 2. The molecule has 1 saturated heterocycles. The van der Waals surface area contributed by atoms with Crippen LogP contribution < -0.4 is 11.1 Å². The number of alkyl halides is 2. The lowest BCUT2D eigenvalue weighted by molar-refractivity contribution is -0.126. The van der Waals surface area contributed by atoms with Crippen molar-refractivity contribution in [2.45, 2.75) is 24.1 Å². The lowest BCUT2D eigenvalue weighted by Gasteiger charge is -2.10. The van der Waals surface area contributed by atoms with Crippen LogP contribution in [0.15, 0.2) is 0 Å². The molecule has 2 atom stereocenters. The first kappa shape index (κ1) is 11.2. The zero-order chi connectivity index (χ0) is 10.7. The molecule has 1 aliphatic heterocycles. The van der Waals surface area contributed by atoms with Crippen LogP contribution in [0.2, 0.25) is 0 Å². The normalized spacial score (nSPS) is 28.4. The van der Waals surface area contributed by atoms with Crippen LogP contribution in [-0.2, 0) is 9.59 Å². The summed E-state index contributed by atoms with van der Waals surface area (Å²) in [5.74, 6) is -1.14. The molecule has 0 aromatic carbocycles. The maximum atomic E-state index is 12.3. The molecule has 0 saturated carbocycles. The Morgan fingerprint density at radius 2 is 2.29 bits per heavy atom. The molecule has 0 aromatic rings. The van der Waals surface area contributed by atoms with Crippen molar-refractivity contribution in [2.24, 2.45) is 5.73 Å². The Hall–Kier alpha value is -0.850. The van der Waals surface area contributed by atoms with Gasteiger partial charge in [0.25, 0.3) is 6.43 Å². The quantitative estimate of drug-likeness (QED) is 0.678. The highest BCUT2D eigenvalue weighted by atomic mass is 32.2. The van der Waals surface area contributed by atoms with Gasteiger partial charge in [0.15, 0.2) is 0 Å². The van der Waals surface area contributed by atoms with Gasteiger partial charge in [-0.05, 0) is 0 Å². The van der Waals surface area contributed by atoms with Gasteiger partial charge in [-0.3, -0.25) is 9.59 Å². The number of carbonyl (C=O) groups is 2. The number of rotatable bonds is 2. The van der Waals surface area contributed by atoms with Crippen LogP contribution in [0.1, 0.15) is 6.42 Å². The van der Waals surface area contributed by atoms with Crippen LogP contribution in [0.25, 0.3) is 0 Å². The molecular weight excluding hydrogens is 214 g/mol. The molecule has 0 spiro atoms. The van der Waals surface area contributed by atoms with Gasteiger partial charge in [-0.1, -0.05) is 0 Å². The smallest absolute Gasteiger partial charge is 0.250 e. The van der Waals surface area contributed by atoms with Crippen LogP contribution in [0.3, 0.4) is 0 Å². The van der Waals surface area contributed by atoms with Crippen molar-refractivity contribution in [3.63, 3.8) is 0 Å². The van der Waals surface area contributed by atoms with Crippen molar-refractivity contribution in [3.8, 4) is 0 Å². The second-order valence-electron chi connectivity index (χ2n) is 2.93. The van der Waals surface area contributed by atoms with Crippen LogP contribution >= 0.6 is 11.8 Å². The lowest BCUT2D eigenvalue weighted by atomic mass is 10.2. The molecule has 1 aliphatic rings. The first-order valence-electron chi connectivity index (χ1n) is 3.99. The lowest BCUT2D eigenvalue weighted by Crippen LogP contribution is -2.44. The summed E-state index contributed by atoms with van der Waals surface area (Å²) in [7, 11) is 0. The molecule has 0 unspecified atom stereocenters. The summed E-state index contributed by atoms with van der Waals surface area (Å²) in [5.41, 5.74) is 4.97. The molecule has 1 rings (SSSR count). The highest BCUT2D eigenvalue weighted by Crippen LogP contribution is 2.24. The van der Waals surface area contributed by atoms with Crippen LogP contribution in [0, 0.1) is 0 Å². The fraction of sp³-hybridized carbons (Fsp3) is 0.714. The van der Waals surface area contributed by atoms with Gasteiger partial charge in [0.05, 0.1) is 5.25 Å². The number of hydrogen-bond donors (Lipinski definition) is 2. The molecule has 80 valence electrons. The topological polar surface area (TPSA) is 72.2 Å². The Labute approximate surface area is 83.6 Å². The average molecular weight is 224 g/mol. The Balaban J connectivity index is 2.62. The first-order chi connectivity index (χ1) is 6.50. The monoisotopic (exact) mass is 224 g/mol. The standard InChI is InChI=1S/C7H10F2N2O2S/c8-6(9)4-1-5(12)11-3(2-14-4)7(10)13/h3-4,6H,1-2H2,(H2,10,13)(H,11,12)/t3-,4+/m0/s1. The van der Waals surface area contributed by atoms with E-state index in [1.54, 1.807) is 0 Å². The third-order valence-electron chi connectivity index (χ3n) is 1.82. The molecule has 0 aromatic heterocycles. The van der Waals surface area contributed by atoms with E-state index in [4.69, 9.17) is 5.73 Å². The third kappa shape index (κ3) is 2.83. The summed E-state index contributed by atoms with van der Waals surface area (Å²) < 4.78 is 24.6. The number of carbonyl (C=O) groups excluding carboxylic acids is 2. The van der Waals surface area contributed by atoms with E-state index in [1.165, 1.54) is 0 Å². The Morgan fingerprint density at radius 3 is 2.79 bits per heavy atom. The third-order valence-corrected chi connectivity index (χ3v) is 3.15. The molecule has 2 amide bonds. The van der Waals surface area contributed by atoms with E-state index in [-0.39, 0.29) is 12.2 Å². The van der Waals surface area contributed by atoms with Gasteiger partial charge in [0.1, 0.15) is 6.04 Å². The average Bonchev–Trinajstić information content (AvgIpc) is 2.26. The van der Waals surface area contributed by atoms with Gasteiger partial charge in [-0.25, -0.2) is 8.78 Å². The number of nitrogens with two attached hydrogens (primary N) is 1. The zero-order valence-corrected chi connectivity index (χ0v) is 8.02. The molecular formula is C7H10F2N2O2S. The van der Waals surface area contributed by atoms with Crippen molar-refractivity contribution < 1.29 is 18.4 Å². The van der Waals surface area contributed by atoms with Crippen LogP contribution in [-0.4, -0.2) is 35.3 Å². The van der Waals surface area contributed by atoms with Crippen molar-refractivity contribution in [2.75, 3.05) is 5.75 Å². The first-order valence-corrected chi connectivity index (χ1v) is 5.04.